The monoisotopic (exact) mass is 582 g/mol. The van der Waals surface area contributed by atoms with Crippen LogP contribution in [0.25, 0.3) is 0 Å². The molecule has 8 nitrogen and oxygen atoms in total. The molecule has 0 aromatic rings. The van der Waals surface area contributed by atoms with Crippen molar-refractivity contribution >= 4 is 7.82 Å². The van der Waals surface area contributed by atoms with Crippen LogP contribution in [0.4, 0.5) is 0 Å². The Kier molecular flexibility index (Phi) is 26.8. The molecular formula is C30H65NO7P+. The molecule has 0 rings (SSSR count). The highest BCUT2D eigenvalue weighted by Crippen LogP contribution is 2.43. The Balaban J connectivity index is 3.41. The van der Waals surface area contributed by atoms with E-state index in [1.165, 1.54) is 116 Å². The van der Waals surface area contributed by atoms with Crippen molar-refractivity contribution in [3.8, 4) is 0 Å². The lowest BCUT2D eigenvalue weighted by atomic mass is 10.0. The highest BCUT2D eigenvalue weighted by Gasteiger charge is 2.25. The van der Waals surface area contributed by atoms with E-state index in [9.17, 15) is 9.46 Å². The van der Waals surface area contributed by atoms with Gasteiger partial charge in [-0.05, 0) is 6.42 Å². The van der Waals surface area contributed by atoms with E-state index in [4.69, 9.17) is 19.0 Å². The molecule has 0 fully saturated rings. The van der Waals surface area contributed by atoms with Gasteiger partial charge in [0.15, 0.2) is 0 Å². The molecule has 39 heavy (non-hydrogen) atoms. The number of hydrogen-bond acceptors (Lipinski definition) is 6. The van der Waals surface area contributed by atoms with Gasteiger partial charge < -0.3 is 14.1 Å². The van der Waals surface area contributed by atoms with Gasteiger partial charge in [0.1, 0.15) is 19.3 Å². The van der Waals surface area contributed by atoms with Gasteiger partial charge in [0.05, 0.1) is 34.4 Å². The van der Waals surface area contributed by atoms with E-state index in [0.717, 1.165) is 12.8 Å². The molecule has 9 heteroatoms. The molecule has 0 aromatic heterocycles. The van der Waals surface area contributed by atoms with Crippen molar-refractivity contribution in [3.05, 3.63) is 0 Å². The van der Waals surface area contributed by atoms with Crippen molar-refractivity contribution < 1.29 is 37.9 Å². The van der Waals surface area contributed by atoms with Crippen LogP contribution in [-0.4, -0.2) is 74.9 Å². The molecule has 0 saturated heterocycles. The van der Waals surface area contributed by atoms with E-state index in [0.29, 0.717) is 17.6 Å². The maximum Gasteiger partial charge on any atom is 0.472 e. The maximum absolute atomic E-state index is 11.9. The van der Waals surface area contributed by atoms with Gasteiger partial charge in [-0.3, -0.25) is 14.3 Å². The predicted molar refractivity (Wildman–Crippen MR) is 161 cm³/mol. The summed E-state index contributed by atoms with van der Waals surface area (Å²) in [6, 6.07) is 0. The van der Waals surface area contributed by atoms with Gasteiger partial charge in [-0.15, -0.1) is 0 Å². The molecule has 0 aliphatic rings. The summed E-state index contributed by atoms with van der Waals surface area (Å²) in [6.07, 6.45) is 26.2. The molecule has 0 heterocycles. The summed E-state index contributed by atoms with van der Waals surface area (Å²) in [4.78, 5) is 14.0. The molecule has 0 spiro atoms. The van der Waals surface area contributed by atoms with Crippen molar-refractivity contribution in [1.82, 2.24) is 0 Å². The Bertz CT molecular complexity index is 560. The maximum atomic E-state index is 11.9. The first-order valence-electron chi connectivity index (χ1n) is 16.0. The summed E-state index contributed by atoms with van der Waals surface area (Å²) < 4.78 is 27.9. The van der Waals surface area contributed by atoms with Crippen LogP contribution in [0.5, 0.6) is 0 Å². The Morgan fingerprint density at radius 2 is 1.03 bits per heavy atom. The minimum atomic E-state index is -4.18. The third-order valence-electron chi connectivity index (χ3n) is 7.04. The molecular weight excluding hydrogens is 517 g/mol. The first-order chi connectivity index (χ1) is 18.7. The van der Waals surface area contributed by atoms with Crippen LogP contribution < -0.4 is 0 Å². The van der Waals surface area contributed by atoms with E-state index < -0.39 is 13.9 Å². The van der Waals surface area contributed by atoms with Crippen molar-refractivity contribution in [2.24, 2.45) is 0 Å². The molecule has 2 N–H and O–H groups in total. The molecule has 0 amide bonds. The van der Waals surface area contributed by atoms with Gasteiger partial charge in [-0.25, -0.2) is 9.45 Å². The SMILES string of the molecule is CCCCCCCCCCCCCCCCCCCCCCOCC(COP(=O)(O)OCC[N+](C)(C)C)OO. The number of quaternary nitrogens is 1. The fraction of sp³-hybridized carbons (Fsp3) is 1.00. The van der Waals surface area contributed by atoms with Crippen molar-refractivity contribution in [2.45, 2.75) is 141 Å². The van der Waals surface area contributed by atoms with Gasteiger partial charge in [0.2, 0.25) is 0 Å². The lowest BCUT2D eigenvalue weighted by molar-refractivity contribution is -0.870. The number of phosphoric ester groups is 1. The first kappa shape index (κ1) is 39.0. The second-order valence-electron chi connectivity index (χ2n) is 12.1. The summed E-state index contributed by atoms with van der Waals surface area (Å²) in [6.45, 7) is 3.31. The second-order valence-corrected chi connectivity index (χ2v) is 13.6. The zero-order valence-corrected chi connectivity index (χ0v) is 27.0. The molecule has 2 unspecified atom stereocenters. The summed E-state index contributed by atoms with van der Waals surface area (Å²) >= 11 is 0. The number of rotatable bonds is 31. The van der Waals surface area contributed by atoms with Gasteiger partial charge in [0, 0.05) is 6.61 Å². The van der Waals surface area contributed by atoms with Crippen LogP contribution in [0, 0.1) is 0 Å². The van der Waals surface area contributed by atoms with Gasteiger partial charge in [-0.1, -0.05) is 129 Å². The average Bonchev–Trinajstić information content (AvgIpc) is 2.88. The van der Waals surface area contributed by atoms with E-state index in [1.54, 1.807) is 0 Å². The Morgan fingerprint density at radius 1 is 0.615 bits per heavy atom. The summed E-state index contributed by atoms with van der Waals surface area (Å²) in [5.74, 6) is 0. The first-order valence-corrected chi connectivity index (χ1v) is 17.5. The minimum Gasteiger partial charge on any atom is -0.379 e. The number of hydrogen-bond donors (Lipinski definition) is 2. The zero-order chi connectivity index (χ0) is 29.1. The fourth-order valence-corrected chi connectivity index (χ4v) is 5.17. The number of nitrogens with zero attached hydrogens (tertiary/aromatic N) is 1. The number of likely N-dealkylation sites (N-methyl/N-ethyl adjacent to an activating group) is 1. The van der Waals surface area contributed by atoms with Crippen LogP contribution in [0.2, 0.25) is 0 Å². The molecule has 0 saturated carbocycles. The molecule has 236 valence electrons. The molecule has 0 aliphatic heterocycles. The number of unbranched alkanes of at least 4 members (excludes halogenated alkanes) is 19. The highest BCUT2D eigenvalue weighted by atomic mass is 31.2. The Hall–Kier alpha value is -0.0500. The number of phosphoric acid groups is 1. The summed E-state index contributed by atoms with van der Waals surface area (Å²) in [7, 11) is 1.69. The molecule has 0 bridgehead atoms. The second kappa shape index (κ2) is 26.8. The van der Waals surface area contributed by atoms with Crippen LogP contribution in [-0.2, 0) is 23.2 Å². The van der Waals surface area contributed by atoms with Crippen molar-refractivity contribution in [3.63, 3.8) is 0 Å². The van der Waals surface area contributed by atoms with Gasteiger partial charge in [-0.2, -0.15) is 0 Å². The van der Waals surface area contributed by atoms with Gasteiger partial charge in [0.25, 0.3) is 0 Å². The largest absolute Gasteiger partial charge is 0.472 e. The van der Waals surface area contributed by atoms with Crippen LogP contribution >= 0.6 is 7.82 Å². The Labute approximate surface area is 241 Å². The number of ether oxygens (including phenoxy) is 1. The quantitative estimate of drug-likeness (QED) is 0.0278. The van der Waals surface area contributed by atoms with Crippen LogP contribution in [0.15, 0.2) is 0 Å². The van der Waals surface area contributed by atoms with Gasteiger partial charge >= 0.3 is 7.82 Å². The lowest BCUT2D eigenvalue weighted by Gasteiger charge is -2.24. The third-order valence-corrected chi connectivity index (χ3v) is 8.02. The van der Waals surface area contributed by atoms with E-state index in [-0.39, 0.29) is 19.8 Å². The smallest absolute Gasteiger partial charge is 0.379 e. The highest BCUT2D eigenvalue weighted by molar-refractivity contribution is 7.47. The predicted octanol–water partition coefficient (Wildman–Crippen LogP) is 8.52. The summed E-state index contributed by atoms with van der Waals surface area (Å²) in [5, 5.41) is 9.00. The third kappa shape index (κ3) is 30.7. The van der Waals surface area contributed by atoms with E-state index in [2.05, 4.69) is 11.8 Å². The molecule has 0 radical (unpaired) electrons. The van der Waals surface area contributed by atoms with E-state index in [1.807, 2.05) is 21.1 Å². The molecule has 0 aromatic carbocycles. The van der Waals surface area contributed by atoms with E-state index >= 15 is 0 Å². The van der Waals surface area contributed by atoms with Crippen molar-refractivity contribution in [1.29, 1.82) is 0 Å². The van der Waals surface area contributed by atoms with Crippen LogP contribution in [0.3, 0.4) is 0 Å². The minimum absolute atomic E-state index is 0.0918. The standard InChI is InChI=1S/C30H64NO7P/c1-5-6-7-8-9-10-11-12-13-14-15-16-17-18-19-20-21-22-23-24-26-35-28-30(38-32)29-37-39(33,34)36-27-25-31(2,3)4/h30H,5-29H2,1-4H3,(H-,32,33,34)/p+1. The topological polar surface area (TPSA) is 94.5 Å². The molecule has 0 aliphatic carbocycles. The molecule has 2 atom stereocenters. The average molecular weight is 583 g/mol. The van der Waals surface area contributed by atoms with Crippen molar-refractivity contribution in [2.75, 3.05) is 54.1 Å². The fourth-order valence-electron chi connectivity index (χ4n) is 4.43. The Morgan fingerprint density at radius 3 is 1.41 bits per heavy atom. The van der Waals surface area contributed by atoms with Crippen LogP contribution in [0.1, 0.15) is 135 Å². The lowest BCUT2D eigenvalue weighted by Crippen LogP contribution is -2.37. The zero-order valence-electron chi connectivity index (χ0n) is 26.1. The normalized spacial score (nSPS) is 14.5. The summed E-state index contributed by atoms with van der Waals surface area (Å²) in [5.41, 5.74) is 0.